The van der Waals surface area contributed by atoms with Crippen molar-refractivity contribution < 1.29 is 0 Å². The molecule has 2 aromatic carbocycles. The molecule has 3 nitrogen and oxygen atoms in total. The van der Waals surface area contributed by atoms with Crippen molar-refractivity contribution in [2.75, 3.05) is 0 Å². The third-order valence-corrected chi connectivity index (χ3v) is 3.93. The molecular weight excluding hydrogens is 254 g/mol. The lowest BCUT2D eigenvalue weighted by Crippen LogP contribution is -1.80. The van der Waals surface area contributed by atoms with E-state index >= 15 is 0 Å². The van der Waals surface area contributed by atoms with E-state index in [-0.39, 0.29) is 0 Å². The monoisotopic (exact) mass is 263 g/mol. The number of aromatic nitrogens is 3. The van der Waals surface area contributed by atoms with Gasteiger partial charge in [-0.1, -0.05) is 22.7 Å². The van der Waals surface area contributed by atoms with Crippen molar-refractivity contribution in [2.24, 2.45) is 0 Å². The van der Waals surface area contributed by atoms with Gasteiger partial charge in [-0.2, -0.15) is 0 Å². The maximum atomic E-state index is 4.13. The van der Waals surface area contributed by atoms with E-state index in [1.54, 1.807) is 0 Å². The first kappa shape index (κ1) is 10.6. The Morgan fingerprint density at radius 3 is 2.74 bits per heavy atom. The third-order valence-electron chi connectivity index (χ3n) is 3.22. The maximum Gasteiger partial charge on any atom is 0.106 e. The fourth-order valence-corrected chi connectivity index (χ4v) is 2.76. The zero-order chi connectivity index (χ0) is 12.7. The van der Waals surface area contributed by atoms with E-state index in [4.69, 9.17) is 0 Å². The molecule has 4 rings (SSSR count). The number of benzene rings is 2. The molecule has 0 N–H and O–H groups in total. The number of rotatable bonds is 1. The van der Waals surface area contributed by atoms with Gasteiger partial charge in [0.25, 0.3) is 0 Å². The number of pyridine rings is 1. The molecule has 0 aliphatic rings. The van der Waals surface area contributed by atoms with Crippen molar-refractivity contribution in [3.8, 4) is 11.1 Å². The summed E-state index contributed by atoms with van der Waals surface area (Å²) in [6.45, 7) is 0. The smallest absolute Gasteiger partial charge is 0.106 e. The van der Waals surface area contributed by atoms with Crippen LogP contribution in [0.1, 0.15) is 0 Å². The Morgan fingerprint density at radius 1 is 0.842 bits per heavy atom. The summed E-state index contributed by atoms with van der Waals surface area (Å²) in [5.41, 5.74) is 3.31. The molecule has 90 valence electrons. The Bertz CT molecular complexity index is 882. The highest BCUT2D eigenvalue weighted by molar-refractivity contribution is 7.12. The van der Waals surface area contributed by atoms with Crippen LogP contribution in [0.25, 0.3) is 32.1 Å². The number of hydrogen-bond donors (Lipinski definition) is 0. The minimum atomic E-state index is 0.956. The summed E-state index contributed by atoms with van der Waals surface area (Å²) in [6, 6.07) is 14.7. The molecule has 0 bridgehead atoms. The van der Waals surface area contributed by atoms with Crippen LogP contribution in [-0.2, 0) is 0 Å². The van der Waals surface area contributed by atoms with Crippen LogP contribution in [0.15, 0.2) is 54.9 Å². The molecular formula is C15H9N3S. The van der Waals surface area contributed by atoms with Crippen LogP contribution >= 0.6 is 11.5 Å². The topological polar surface area (TPSA) is 38.7 Å². The van der Waals surface area contributed by atoms with Crippen LogP contribution in [-0.4, -0.2) is 14.6 Å². The Morgan fingerprint density at radius 2 is 1.74 bits per heavy atom. The van der Waals surface area contributed by atoms with Gasteiger partial charge in [0.2, 0.25) is 0 Å². The molecule has 0 saturated heterocycles. The van der Waals surface area contributed by atoms with Crippen LogP contribution < -0.4 is 0 Å². The average Bonchev–Trinajstić information content (AvgIpc) is 2.94. The van der Waals surface area contributed by atoms with Gasteiger partial charge in [-0.25, -0.2) is 0 Å². The fraction of sp³-hybridized carbons (Fsp3) is 0. The lowest BCUT2D eigenvalue weighted by Gasteiger charge is -2.03. The first-order chi connectivity index (χ1) is 9.40. The first-order valence-electron chi connectivity index (χ1n) is 5.96. The zero-order valence-electron chi connectivity index (χ0n) is 9.95. The van der Waals surface area contributed by atoms with Gasteiger partial charge in [-0.15, -0.1) is 5.10 Å². The van der Waals surface area contributed by atoms with Crippen molar-refractivity contribution >= 4 is 32.5 Å². The molecule has 2 heterocycles. The molecule has 0 saturated carbocycles. The van der Waals surface area contributed by atoms with E-state index in [1.165, 1.54) is 28.0 Å². The predicted octanol–water partition coefficient (Wildman–Crippen LogP) is 3.91. The average molecular weight is 263 g/mol. The van der Waals surface area contributed by atoms with Gasteiger partial charge in [0.05, 0.1) is 4.70 Å². The second kappa shape index (κ2) is 4.10. The van der Waals surface area contributed by atoms with Gasteiger partial charge in [0.1, 0.15) is 5.52 Å². The normalized spacial score (nSPS) is 11.2. The second-order valence-electron chi connectivity index (χ2n) is 4.39. The van der Waals surface area contributed by atoms with E-state index in [9.17, 15) is 0 Å². The first-order valence-corrected chi connectivity index (χ1v) is 6.74. The minimum Gasteiger partial charge on any atom is -0.264 e. The standard InChI is InChI=1S/C15H9N3S/c1-2-13-9-16-6-5-12(13)7-10(1)11-3-4-15-14(8-11)17-18-19-15/h1-9H. The van der Waals surface area contributed by atoms with Crippen molar-refractivity contribution in [3.63, 3.8) is 0 Å². The molecule has 0 spiro atoms. The molecule has 0 aliphatic heterocycles. The number of nitrogens with zero attached hydrogens (tertiary/aromatic N) is 3. The van der Waals surface area contributed by atoms with Crippen LogP contribution in [0.3, 0.4) is 0 Å². The van der Waals surface area contributed by atoms with Crippen molar-refractivity contribution in [2.45, 2.75) is 0 Å². The van der Waals surface area contributed by atoms with E-state index in [2.05, 4.69) is 51.0 Å². The largest absolute Gasteiger partial charge is 0.264 e. The molecule has 0 amide bonds. The highest BCUT2D eigenvalue weighted by Gasteiger charge is 2.03. The van der Waals surface area contributed by atoms with Gasteiger partial charge >= 0.3 is 0 Å². The second-order valence-corrected chi connectivity index (χ2v) is 5.18. The summed E-state index contributed by atoms with van der Waals surface area (Å²) < 4.78 is 5.09. The Hall–Kier alpha value is -2.33. The lowest BCUT2D eigenvalue weighted by molar-refractivity contribution is 1.20. The predicted molar refractivity (Wildman–Crippen MR) is 78.2 cm³/mol. The Balaban J connectivity index is 1.92. The third kappa shape index (κ3) is 1.77. The summed E-state index contributed by atoms with van der Waals surface area (Å²) >= 11 is 1.42. The summed E-state index contributed by atoms with van der Waals surface area (Å²) in [5.74, 6) is 0. The molecule has 4 heteroatoms. The molecule has 2 aromatic heterocycles. The van der Waals surface area contributed by atoms with Crippen LogP contribution in [0, 0.1) is 0 Å². The van der Waals surface area contributed by atoms with E-state index in [0.717, 1.165) is 15.6 Å². The van der Waals surface area contributed by atoms with Gasteiger partial charge in [-0.3, -0.25) is 4.98 Å². The zero-order valence-corrected chi connectivity index (χ0v) is 10.8. The SMILES string of the molecule is c1cc2cc(-c3ccc4snnc4c3)ccc2cn1. The summed E-state index contributed by atoms with van der Waals surface area (Å²) in [6.07, 6.45) is 3.70. The number of fused-ring (bicyclic) bond motifs is 2. The lowest BCUT2D eigenvalue weighted by atomic mass is 10.0. The highest BCUT2D eigenvalue weighted by atomic mass is 32.1. The van der Waals surface area contributed by atoms with Crippen LogP contribution in [0.2, 0.25) is 0 Å². The molecule has 4 aromatic rings. The fourth-order valence-electron chi connectivity index (χ4n) is 2.22. The van der Waals surface area contributed by atoms with Crippen molar-refractivity contribution in [1.82, 2.24) is 14.6 Å². The van der Waals surface area contributed by atoms with Gasteiger partial charge in [0, 0.05) is 17.8 Å². The molecule has 0 fully saturated rings. The van der Waals surface area contributed by atoms with Crippen molar-refractivity contribution in [3.05, 3.63) is 54.9 Å². The number of hydrogen-bond acceptors (Lipinski definition) is 4. The van der Waals surface area contributed by atoms with Crippen molar-refractivity contribution in [1.29, 1.82) is 0 Å². The maximum absolute atomic E-state index is 4.13. The molecule has 0 radical (unpaired) electrons. The van der Waals surface area contributed by atoms with Crippen LogP contribution in [0.4, 0.5) is 0 Å². The highest BCUT2D eigenvalue weighted by Crippen LogP contribution is 2.27. The van der Waals surface area contributed by atoms with Gasteiger partial charge < -0.3 is 0 Å². The minimum absolute atomic E-state index is 0.956. The Labute approximate surface area is 113 Å². The molecule has 19 heavy (non-hydrogen) atoms. The molecule has 0 unspecified atom stereocenters. The van der Waals surface area contributed by atoms with E-state index in [0.29, 0.717) is 0 Å². The van der Waals surface area contributed by atoms with Gasteiger partial charge in [-0.05, 0) is 52.3 Å². The van der Waals surface area contributed by atoms with Gasteiger partial charge in [0.15, 0.2) is 0 Å². The summed E-state index contributed by atoms with van der Waals surface area (Å²) in [7, 11) is 0. The quantitative estimate of drug-likeness (QED) is 0.522. The van der Waals surface area contributed by atoms with Crippen LogP contribution in [0.5, 0.6) is 0 Å². The molecule has 0 atom stereocenters. The van der Waals surface area contributed by atoms with E-state index < -0.39 is 0 Å². The summed E-state index contributed by atoms with van der Waals surface area (Å²) in [5, 5.41) is 6.48. The molecule has 0 aliphatic carbocycles. The summed E-state index contributed by atoms with van der Waals surface area (Å²) in [4.78, 5) is 4.13. The van der Waals surface area contributed by atoms with E-state index in [1.807, 2.05) is 18.5 Å². The Kier molecular flexibility index (Phi) is 2.28.